The van der Waals surface area contributed by atoms with Crippen LogP contribution in [0.3, 0.4) is 0 Å². The highest BCUT2D eigenvalue weighted by Gasteiger charge is 2.19. The Morgan fingerprint density at radius 1 is 1.15 bits per heavy atom. The first-order chi connectivity index (χ1) is 12.7. The Morgan fingerprint density at radius 2 is 1.96 bits per heavy atom. The molecule has 0 radical (unpaired) electrons. The van der Waals surface area contributed by atoms with Crippen molar-refractivity contribution >= 4 is 28.1 Å². The molecule has 2 aromatic heterocycles. The standard InChI is InChI=1S/C21H19N3OS/c1-2-13-9-6-10-15-16(12-23-19(13)15)20-21(14-7-4-3-5-8-14)26-18(24-20)11-17(22)25/h3-10,12,23H,2,11H2,1H3,(H2,22,25). The van der Waals surface area contributed by atoms with Crippen molar-refractivity contribution in [2.75, 3.05) is 0 Å². The fourth-order valence-electron chi connectivity index (χ4n) is 3.26. The number of fused-ring (bicyclic) bond motifs is 1. The quantitative estimate of drug-likeness (QED) is 0.547. The van der Waals surface area contributed by atoms with E-state index in [0.717, 1.165) is 44.0 Å². The fourth-order valence-corrected chi connectivity index (χ4v) is 4.36. The lowest BCUT2D eigenvalue weighted by molar-refractivity contribution is -0.117. The average molecular weight is 361 g/mol. The topological polar surface area (TPSA) is 71.8 Å². The number of aromatic nitrogens is 2. The summed E-state index contributed by atoms with van der Waals surface area (Å²) in [6.45, 7) is 2.15. The number of carbonyl (C=O) groups excluding carboxylic acids is 1. The summed E-state index contributed by atoms with van der Waals surface area (Å²) in [5.74, 6) is -0.364. The number of nitrogens with two attached hydrogens (primary N) is 1. The molecule has 3 N–H and O–H groups in total. The van der Waals surface area contributed by atoms with Gasteiger partial charge in [-0.3, -0.25) is 4.79 Å². The lowest BCUT2D eigenvalue weighted by atomic mass is 10.0. The van der Waals surface area contributed by atoms with Gasteiger partial charge in [-0.25, -0.2) is 4.98 Å². The summed E-state index contributed by atoms with van der Waals surface area (Å²) in [6, 6.07) is 16.5. The van der Waals surface area contributed by atoms with Gasteiger partial charge in [-0.15, -0.1) is 11.3 Å². The second-order valence-electron chi connectivity index (χ2n) is 6.19. The van der Waals surface area contributed by atoms with Crippen LogP contribution < -0.4 is 5.73 Å². The summed E-state index contributed by atoms with van der Waals surface area (Å²) in [5, 5.41) is 1.89. The van der Waals surface area contributed by atoms with E-state index in [9.17, 15) is 4.79 Å². The number of thiazole rings is 1. The third-order valence-corrected chi connectivity index (χ3v) is 5.58. The number of hydrogen-bond donors (Lipinski definition) is 2. The largest absolute Gasteiger partial charge is 0.369 e. The van der Waals surface area contributed by atoms with Crippen LogP contribution in [0.5, 0.6) is 0 Å². The molecule has 0 aliphatic carbocycles. The van der Waals surface area contributed by atoms with Crippen LogP contribution in [0.4, 0.5) is 0 Å². The van der Waals surface area contributed by atoms with Crippen molar-refractivity contribution in [1.82, 2.24) is 9.97 Å². The SMILES string of the molecule is CCc1cccc2c(-c3nc(CC(N)=O)sc3-c3ccccc3)c[nH]c12. The maximum atomic E-state index is 11.4. The summed E-state index contributed by atoms with van der Waals surface area (Å²) in [7, 11) is 0. The Hall–Kier alpha value is -2.92. The average Bonchev–Trinajstić information content (AvgIpc) is 3.25. The molecular weight excluding hydrogens is 342 g/mol. The van der Waals surface area contributed by atoms with Crippen LogP contribution in [0.1, 0.15) is 17.5 Å². The van der Waals surface area contributed by atoms with Gasteiger partial charge in [-0.1, -0.05) is 55.5 Å². The molecule has 4 aromatic rings. The van der Waals surface area contributed by atoms with Crippen LogP contribution >= 0.6 is 11.3 Å². The molecule has 26 heavy (non-hydrogen) atoms. The highest BCUT2D eigenvalue weighted by Crippen LogP contribution is 2.40. The summed E-state index contributed by atoms with van der Waals surface area (Å²) >= 11 is 1.53. The van der Waals surface area contributed by atoms with E-state index in [-0.39, 0.29) is 12.3 Å². The summed E-state index contributed by atoms with van der Waals surface area (Å²) in [5.41, 5.74) is 10.9. The van der Waals surface area contributed by atoms with E-state index < -0.39 is 0 Å². The van der Waals surface area contributed by atoms with E-state index in [4.69, 9.17) is 10.7 Å². The Kier molecular flexibility index (Phi) is 4.31. The van der Waals surface area contributed by atoms with Gasteiger partial charge in [0.1, 0.15) is 5.01 Å². The molecule has 0 saturated carbocycles. The van der Waals surface area contributed by atoms with E-state index >= 15 is 0 Å². The Morgan fingerprint density at radius 3 is 2.69 bits per heavy atom. The van der Waals surface area contributed by atoms with Crippen LogP contribution in [0, 0.1) is 0 Å². The fraction of sp³-hybridized carbons (Fsp3) is 0.143. The van der Waals surface area contributed by atoms with E-state index in [2.05, 4.69) is 42.2 Å². The second kappa shape index (κ2) is 6.77. The van der Waals surface area contributed by atoms with Gasteiger partial charge in [-0.05, 0) is 17.5 Å². The minimum atomic E-state index is -0.364. The first kappa shape index (κ1) is 16.5. The molecule has 0 aliphatic heterocycles. The molecule has 0 spiro atoms. The van der Waals surface area contributed by atoms with Gasteiger partial charge in [0.25, 0.3) is 0 Å². The van der Waals surface area contributed by atoms with E-state index in [0.29, 0.717) is 0 Å². The maximum Gasteiger partial charge on any atom is 0.224 e. The molecule has 2 aromatic carbocycles. The maximum absolute atomic E-state index is 11.4. The predicted octanol–water partition coefficient (Wildman–Crippen LogP) is 4.55. The first-order valence-electron chi connectivity index (χ1n) is 8.60. The van der Waals surface area contributed by atoms with Crippen LogP contribution in [-0.4, -0.2) is 15.9 Å². The lowest BCUT2D eigenvalue weighted by Gasteiger charge is -2.03. The molecule has 4 nitrogen and oxygen atoms in total. The van der Waals surface area contributed by atoms with E-state index in [1.807, 2.05) is 24.4 Å². The number of benzene rings is 2. The Labute approximate surface area is 155 Å². The van der Waals surface area contributed by atoms with Crippen molar-refractivity contribution < 1.29 is 4.79 Å². The highest BCUT2D eigenvalue weighted by molar-refractivity contribution is 7.15. The number of carbonyl (C=O) groups is 1. The molecule has 2 heterocycles. The van der Waals surface area contributed by atoms with Crippen LogP contribution in [0.15, 0.2) is 54.7 Å². The number of amides is 1. The van der Waals surface area contributed by atoms with Gasteiger partial charge in [0.2, 0.25) is 5.91 Å². The number of rotatable bonds is 5. The van der Waals surface area contributed by atoms with Gasteiger partial charge in [-0.2, -0.15) is 0 Å². The van der Waals surface area contributed by atoms with Crippen LogP contribution in [-0.2, 0) is 17.6 Å². The summed E-state index contributed by atoms with van der Waals surface area (Å²) in [4.78, 5) is 20.6. The van der Waals surface area contributed by atoms with E-state index in [1.54, 1.807) is 0 Å². The molecule has 4 rings (SSSR count). The van der Waals surface area contributed by atoms with Crippen molar-refractivity contribution in [2.45, 2.75) is 19.8 Å². The monoisotopic (exact) mass is 361 g/mol. The molecular formula is C21H19N3OS. The molecule has 0 saturated heterocycles. The number of nitrogens with one attached hydrogen (secondary N) is 1. The molecule has 0 fully saturated rings. The number of para-hydroxylation sites is 1. The number of hydrogen-bond acceptors (Lipinski definition) is 3. The summed E-state index contributed by atoms with van der Waals surface area (Å²) in [6.07, 6.45) is 3.14. The smallest absolute Gasteiger partial charge is 0.224 e. The molecule has 0 bridgehead atoms. The van der Waals surface area contributed by atoms with Gasteiger partial charge in [0.15, 0.2) is 0 Å². The molecule has 0 unspecified atom stereocenters. The Bertz CT molecular complexity index is 1080. The minimum absolute atomic E-state index is 0.160. The number of aromatic amines is 1. The lowest BCUT2D eigenvalue weighted by Crippen LogP contribution is -2.13. The molecule has 1 amide bonds. The highest BCUT2D eigenvalue weighted by atomic mass is 32.1. The summed E-state index contributed by atoms with van der Waals surface area (Å²) < 4.78 is 0. The minimum Gasteiger partial charge on any atom is -0.369 e. The molecule has 5 heteroatoms. The zero-order valence-electron chi connectivity index (χ0n) is 14.5. The van der Waals surface area contributed by atoms with Gasteiger partial charge < -0.3 is 10.7 Å². The number of primary amides is 1. The normalized spacial score (nSPS) is 11.1. The zero-order valence-corrected chi connectivity index (χ0v) is 15.3. The van der Waals surface area contributed by atoms with Crippen molar-refractivity contribution in [1.29, 1.82) is 0 Å². The van der Waals surface area contributed by atoms with E-state index in [1.165, 1.54) is 16.9 Å². The van der Waals surface area contributed by atoms with Crippen molar-refractivity contribution in [3.8, 4) is 21.7 Å². The number of H-pyrrole nitrogens is 1. The Balaban J connectivity index is 1.93. The van der Waals surface area contributed by atoms with Crippen molar-refractivity contribution in [3.05, 3.63) is 65.3 Å². The molecule has 130 valence electrons. The number of aryl methyl sites for hydroxylation is 1. The third kappa shape index (κ3) is 2.91. The van der Waals surface area contributed by atoms with Gasteiger partial charge >= 0.3 is 0 Å². The van der Waals surface area contributed by atoms with Gasteiger partial charge in [0.05, 0.1) is 17.0 Å². The zero-order chi connectivity index (χ0) is 18.1. The third-order valence-electron chi connectivity index (χ3n) is 4.47. The predicted molar refractivity (Wildman–Crippen MR) is 107 cm³/mol. The molecule has 0 atom stereocenters. The van der Waals surface area contributed by atoms with Crippen LogP contribution in [0.2, 0.25) is 0 Å². The van der Waals surface area contributed by atoms with Crippen LogP contribution in [0.25, 0.3) is 32.6 Å². The van der Waals surface area contributed by atoms with Crippen molar-refractivity contribution in [2.24, 2.45) is 5.73 Å². The first-order valence-corrected chi connectivity index (χ1v) is 9.41. The van der Waals surface area contributed by atoms with Gasteiger partial charge in [0, 0.05) is 22.7 Å². The molecule has 0 aliphatic rings. The van der Waals surface area contributed by atoms with Crippen molar-refractivity contribution in [3.63, 3.8) is 0 Å². The number of nitrogens with zero attached hydrogens (tertiary/aromatic N) is 1. The second-order valence-corrected chi connectivity index (χ2v) is 7.27.